The molecule has 2 N–H and O–H groups in total. The first kappa shape index (κ1) is 16.1. The Kier molecular flexibility index (Phi) is 5.61. The normalized spacial score (nSPS) is 11.6. The summed E-state index contributed by atoms with van der Waals surface area (Å²) in [4.78, 5) is 15.9. The van der Waals surface area contributed by atoms with Gasteiger partial charge in [0.15, 0.2) is 0 Å². The van der Waals surface area contributed by atoms with Gasteiger partial charge in [-0.2, -0.15) is 0 Å². The van der Waals surface area contributed by atoms with Gasteiger partial charge in [0.1, 0.15) is 0 Å². The van der Waals surface area contributed by atoms with Crippen molar-refractivity contribution >= 4 is 17.6 Å². The number of halogens is 1. The van der Waals surface area contributed by atoms with Gasteiger partial charge in [0.2, 0.25) is 5.88 Å². The van der Waals surface area contributed by atoms with Gasteiger partial charge in [-0.15, -0.1) is 0 Å². The van der Waals surface area contributed by atoms with Crippen molar-refractivity contribution < 1.29 is 9.53 Å². The number of aromatic nitrogens is 1. The fourth-order valence-corrected chi connectivity index (χ4v) is 2.06. The molecule has 0 unspecified atom stereocenters. The van der Waals surface area contributed by atoms with Crippen LogP contribution in [0.5, 0.6) is 5.88 Å². The molecule has 0 aliphatic heterocycles. The van der Waals surface area contributed by atoms with E-state index in [1.165, 1.54) is 0 Å². The van der Waals surface area contributed by atoms with Crippen molar-refractivity contribution in [3.05, 3.63) is 58.7 Å². The summed E-state index contributed by atoms with van der Waals surface area (Å²) < 4.78 is 5.04. The number of ether oxygens (including phenoxy) is 1. The number of benzene rings is 1. The van der Waals surface area contributed by atoms with Crippen molar-refractivity contribution in [3.63, 3.8) is 0 Å². The van der Waals surface area contributed by atoms with Crippen molar-refractivity contribution in [2.75, 3.05) is 7.11 Å². The molecule has 0 fully saturated rings. The van der Waals surface area contributed by atoms with E-state index >= 15 is 0 Å². The third kappa shape index (κ3) is 4.63. The van der Waals surface area contributed by atoms with Crippen molar-refractivity contribution in [1.82, 2.24) is 15.6 Å². The number of nitrogens with zero attached hydrogens (tertiary/aromatic N) is 1. The lowest BCUT2D eigenvalue weighted by molar-refractivity contribution is 0.237. The van der Waals surface area contributed by atoms with Crippen LogP contribution in [0.2, 0.25) is 5.02 Å². The number of amides is 2. The SMILES string of the molecule is COc1cc(CNC(=O)N[C@@H](C)c2ccc(Cl)cc2)ccn1. The van der Waals surface area contributed by atoms with Crippen LogP contribution < -0.4 is 15.4 Å². The zero-order chi connectivity index (χ0) is 15.9. The second kappa shape index (κ2) is 7.66. The van der Waals surface area contributed by atoms with Gasteiger partial charge >= 0.3 is 6.03 Å². The number of hydrogen-bond donors (Lipinski definition) is 2. The molecular formula is C16H18ClN3O2. The fourth-order valence-electron chi connectivity index (χ4n) is 1.94. The maximum Gasteiger partial charge on any atom is 0.315 e. The van der Waals surface area contributed by atoms with Gasteiger partial charge in [-0.05, 0) is 36.2 Å². The maximum absolute atomic E-state index is 11.9. The molecule has 22 heavy (non-hydrogen) atoms. The Hall–Kier alpha value is -2.27. The summed E-state index contributed by atoms with van der Waals surface area (Å²) in [6.07, 6.45) is 1.64. The molecule has 0 saturated heterocycles. The number of urea groups is 1. The Morgan fingerprint density at radius 3 is 2.73 bits per heavy atom. The van der Waals surface area contributed by atoms with Crippen LogP contribution in [0.1, 0.15) is 24.1 Å². The minimum atomic E-state index is -0.238. The Morgan fingerprint density at radius 2 is 2.05 bits per heavy atom. The molecule has 0 aliphatic rings. The molecule has 116 valence electrons. The first-order chi connectivity index (χ1) is 10.6. The number of pyridine rings is 1. The largest absolute Gasteiger partial charge is 0.481 e. The molecule has 6 heteroatoms. The molecule has 0 aliphatic carbocycles. The fraction of sp³-hybridized carbons (Fsp3) is 0.250. The predicted octanol–water partition coefficient (Wildman–Crippen LogP) is 3.30. The first-order valence-corrected chi connectivity index (χ1v) is 7.25. The lowest BCUT2D eigenvalue weighted by Crippen LogP contribution is -2.36. The average molecular weight is 320 g/mol. The molecule has 5 nitrogen and oxygen atoms in total. The van der Waals surface area contributed by atoms with Crippen molar-refractivity contribution in [2.45, 2.75) is 19.5 Å². The van der Waals surface area contributed by atoms with E-state index in [-0.39, 0.29) is 12.1 Å². The summed E-state index contributed by atoms with van der Waals surface area (Å²) in [5.41, 5.74) is 1.91. The number of methoxy groups -OCH3 is 1. The standard InChI is InChI=1S/C16H18ClN3O2/c1-11(13-3-5-14(17)6-4-13)20-16(21)19-10-12-7-8-18-15(9-12)22-2/h3-9,11H,10H2,1-2H3,(H2,19,20,21)/t11-/m0/s1. The molecule has 1 atom stereocenters. The van der Waals surface area contributed by atoms with Crippen LogP contribution >= 0.6 is 11.6 Å². The van der Waals surface area contributed by atoms with Gasteiger partial charge in [-0.3, -0.25) is 0 Å². The molecule has 0 saturated carbocycles. The van der Waals surface area contributed by atoms with E-state index in [0.717, 1.165) is 11.1 Å². The van der Waals surface area contributed by atoms with E-state index in [9.17, 15) is 4.79 Å². The van der Waals surface area contributed by atoms with E-state index in [2.05, 4.69) is 15.6 Å². The second-order valence-corrected chi connectivity index (χ2v) is 5.24. The predicted molar refractivity (Wildman–Crippen MR) is 86.0 cm³/mol. The highest BCUT2D eigenvalue weighted by Crippen LogP contribution is 2.15. The lowest BCUT2D eigenvalue weighted by Gasteiger charge is -2.15. The van der Waals surface area contributed by atoms with Crippen LogP contribution in [0, 0.1) is 0 Å². The molecule has 2 aromatic rings. The Morgan fingerprint density at radius 1 is 1.32 bits per heavy atom. The summed E-state index contributed by atoms with van der Waals surface area (Å²) in [6, 6.07) is 10.6. The van der Waals surface area contributed by atoms with Gasteiger partial charge < -0.3 is 15.4 Å². The van der Waals surface area contributed by atoms with Crippen molar-refractivity contribution in [1.29, 1.82) is 0 Å². The summed E-state index contributed by atoms with van der Waals surface area (Å²) in [5.74, 6) is 0.522. The molecule has 1 aromatic heterocycles. The quantitative estimate of drug-likeness (QED) is 0.888. The van der Waals surface area contributed by atoms with E-state index in [4.69, 9.17) is 16.3 Å². The van der Waals surface area contributed by atoms with Gasteiger partial charge in [0, 0.05) is 23.8 Å². The Balaban J connectivity index is 1.85. The number of carbonyl (C=O) groups excluding carboxylic acids is 1. The van der Waals surface area contributed by atoms with Crippen LogP contribution in [0.3, 0.4) is 0 Å². The highest BCUT2D eigenvalue weighted by molar-refractivity contribution is 6.30. The average Bonchev–Trinajstić information content (AvgIpc) is 2.53. The molecule has 0 spiro atoms. The summed E-state index contributed by atoms with van der Waals surface area (Å²) >= 11 is 5.85. The maximum atomic E-state index is 11.9. The van der Waals surface area contributed by atoms with Gasteiger partial charge in [0.25, 0.3) is 0 Å². The van der Waals surface area contributed by atoms with E-state index in [1.807, 2.05) is 25.1 Å². The second-order valence-electron chi connectivity index (χ2n) is 4.81. The van der Waals surface area contributed by atoms with Gasteiger partial charge in [-0.1, -0.05) is 23.7 Å². The lowest BCUT2D eigenvalue weighted by atomic mass is 10.1. The summed E-state index contributed by atoms with van der Waals surface area (Å²) in [5, 5.41) is 6.35. The molecule has 0 bridgehead atoms. The van der Waals surface area contributed by atoms with Gasteiger partial charge in [-0.25, -0.2) is 9.78 Å². The van der Waals surface area contributed by atoms with E-state index in [1.54, 1.807) is 31.5 Å². The minimum absolute atomic E-state index is 0.107. The molecule has 1 heterocycles. The van der Waals surface area contributed by atoms with Crippen molar-refractivity contribution in [2.24, 2.45) is 0 Å². The monoisotopic (exact) mass is 319 g/mol. The third-order valence-electron chi connectivity index (χ3n) is 3.18. The van der Waals surface area contributed by atoms with Gasteiger partial charge in [0.05, 0.1) is 13.2 Å². The third-order valence-corrected chi connectivity index (χ3v) is 3.43. The van der Waals surface area contributed by atoms with Crippen LogP contribution in [0.4, 0.5) is 4.79 Å². The molecular weight excluding hydrogens is 302 g/mol. The zero-order valence-electron chi connectivity index (χ0n) is 12.5. The van der Waals surface area contributed by atoms with Crippen LogP contribution in [-0.4, -0.2) is 18.1 Å². The Labute approximate surface area is 134 Å². The summed E-state index contributed by atoms with van der Waals surface area (Å²) in [6.45, 7) is 2.32. The summed E-state index contributed by atoms with van der Waals surface area (Å²) in [7, 11) is 1.56. The topological polar surface area (TPSA) is 63.2 Å². The number of nitrogens with one attached hydrogen (secondary N) is 2. The van der Waals surface area contributed by atoms with Crippen LogP contribution in [-0.2, 0) is 6.54 Å². The number of carbonyl (C=O) groups is 1. The smallest absolute Gasteiger partial charge is 0.315 e. The minimum Gasteiger partial charge on any atom is -0.481 e. The van der Waals surface area contributed by atoms with E-state index in [0.29, 0.717) is 17.4 Å². The van der Waals surface area contributed by atoms with Crippen LogP contribution in [0.25, 0.3) is 0 Å². The van der Waals surface area contributed by atoms with E-state index < -0.39 is 0 Å². The molecule has 2 amide bonds. The molecule has 0 radical (unpaired) electrons. The first-order valence-electron chi connectivity index (χ1n) is 6.87. The molecule has 2 rings (SSSR count). The highest BCUT2D eigenvalue weighted by atomic mass is 35.5. The number of hydrogen-bond acceptors (Lipinski definition) is 3. The highest BCUT2D eigenvalue weighted by Gasteiger charge is 2.09. The molecule has 1 aromatic carbocycles. The van der Waals surface area contributed by atoms with Crippen molar-refractivity contribution in [3.8, 4) is 5.88 Å². The number of rotatable bonds is 5. The Bertz CT molecular complexity index is 632. The zero-order valence-corrected chi connectivity index (χ0v) is 13.2. The van der Waals surface area contributed by atoms with Crippen LogP contribution in [0.15, 0.2) is 42.6 Å².